The maximum atomic E-state index is 5.70. The second-order valence-corrected chi connectivity index (χ2v) is 5.20. The molecule has 2 heterocycles. The lowest BCUT2D eigenvalue weighted by molar-refractivity contribution is 0.109. The molecule has 1 aromatic heterocycles. The molecule has 4 nitrogen and oxygen atoms in total. The minimum Gasteiger partial charge on any atom is -0.444 e. The zero-order valence-electron chi connectivity index (χ0n) is 11.8. The maximum absolute atomic E-state index is 5.70. The summed E-state index contributed by atoms with van der Waals surface area (Å²) < 4.78 is 5.70. The van der Waals surface area contributed by atoms with Crippen LogP contribution in [-0.2, 0) is 13.0 Å². The molecule has 102 valence electrons. The van der Waals surface area contributed by atoms with E-state index in [1.807, 2.05) is 6.20 Å². The lowest BCUT2D eigenvalue weighted by atomic mass is 9.90. The van der Waals surface area contributed by atoms with Gasteiger partial charge >= 0.3 is 0 Å². The number of piperazine rings is 1. The summed E-state index contributed by atoms with van der Waals surface area (Å²) in [6, 6.07) is 0. The van der Waals surface area contributed by atoms with Gasteiger partial charge in [-0.15, -0.1) is 0 Å². The molecule has 2 rings (SSSR count). The fourth-order valence-corrected chi connectivity index (χ4v) is 2.68. The Bertz CT molecular complexity index is 371. The maximum Gasteiger partial charge on any atom is 0.208 e. The van der Waals surface area contributed by atoms with Crippen molar-refractivity contribution in [3.8, 4) is 0 Å². The molecule has 0 aliphatic carbocycles. The molecule has 1 fully saturated rings. The molecular weight excluding hydrogens is 226 g/mol. The molecule has 4 heteroatoms. The molecule has 1 aliphatic rings. The summed E-state index contributed by atoms with van der Waals surface area (Å²) in [5.41, 5.74) is 0.276. The van der Waals surface area contributed by atoms with Crippen LogP contribution in [0, 0.1) is 0 Å². The third-order valence-corrected chi connectivity index (χ3v) is 4.12. The lowest BCUT2D eigenvalue weighted by Crippen LogP contribution is -2.59. The van der Waals surface area contributed by atoms with Gasteiger partial charge in [0, 0.05) is 31.6 Å². The minimum atomic E-state index is 0.276. The Balaban J connectivity index is 1.97. The zero-order chi connectivity index (χ0) is 13.0. The van der Waals surface area contributed by atoms with Crippen molar-refractivity contribution in [1.82, 2.24) is 15.2 Å². The largest absolute Gasteiger partial charge is 0.444 e. The number of oxazole rings is 1. The summed E-state index contributed by atoms with van der Waals surface area (Å²) in [5.74, 6) is 1.84. The molecule has 1 aromatic rings. The van der Waals surface area contributed by atoms with Crippen LogP contribution in [-0.4, -0.2) is 35.1 Å². The van der Waals surface area contributed by atoms with Crippen LogP contribution in [0.4, 0.5) is 0 Å². The second kappa shape index (κ2) is 5.85. The van der Waals surface area contributed by atoms with Gasteiger partial charge in [-0.1, -0.05) is 20.8 Å². The van der Waals surface area contributed by atoms with Gasteiger partial charge in [0.15, 0.2) is 0 Å². The summed E-state index contributed by atoms with van der Waals surface area (Å²) in [4.78, 5) is 6.80. The van der Waals surface area contributed by atoms with Crippen molar-refractivity contribution in [3.05, 3.63) is 17.8 Å². The van der Waals surface area contributed by atoms with Crippen molar-refractivity contribution in [2.75, 3.05) is 19.6 Å². The average molecular weight is 251 g/mol. The number of nitrogens with zero attached hydrogens (tertiary/aromatic N) is 2. The molecule has 18 heavy (non-hydrogen) atoms. The second-order valence-electron chi connectivity index (χ2n) is 5.20. The first kappa shape index (κ1) is 13.6. The van der Waals surface area contributed by atoms with Crippen molar-refractivity contribution in [1.29, 1.82) is 0 Å². The molecule has 0 saturated carbocycles. The summed E-state index contributed by atoms with van der Waals surface area (Å²) in [6.07, 6.45) is 5.12. The Morgan fingerprint density at radius 3 is 2.78 bits per heavy atom. The highest BCUT2D eigenvalue weighted by Crippen LogP contribution is 2.21. The third-order valence-electron chi connectivity index (χ3n) is 4.12. The van der Waals surface area contributed by atoms with E-state index in [1.54, 1.807) is 0 Å². The van der Waals surface area contributed by atoms with Crippen molar-refractivity contribution in [2.24, 2.45) is 0 Å². The number of aromatic nitrogens is 1. The van der Waals surface area contributed by atoms with E-state index >= 15 is 0 Å². The summed E-state index contributed by atoms with van der Waals surface area (Å²) >= 11 is 0. The van der Waals surface area contributed by atoms with Gasteiger partial charge in [0.1, 0.15) is 5.76 Å². The van der Waals surface area contributed by atoms with Crippen LogP contribution in [0.25, 0.3) is 0 Å². The number of rotatable bonds is 5. The summed E-state index contributed by atoms with van der Waals surface area (Å²) in [7, 11) is 0. The Hall–Kier alpha value is -0.870. The van der Waals surface area contributed by atoms with Crippen LogP contribution >= 0.6 is 0 Å². The zero-order valence-corrected chi connectivity index (χ0v) is 11.8. The topological polar surface area (TPSA) is 41.3 Å². The van der Waals surface area contributed by atoms with E-state index in [4.69, 9.17) is 4.42 Å². The SMILES string of the molecule is CCc1cnc(CN2CCNC(CC)(CC)C2)o1. The minimum absolute atomic E-state index is 0.276. The number of aryl methyl sites for hydroxylation is 1. The van der Waals surface area contributed by atoms with Crippen LogP contribution in [0.15, 0.2) is 10.6 Å². The van der Waals surface area contributed by atoms with E-state index in [0.717, 1.165) is 44.3 Å². The molecule has 1 aliphatic heterocycles. The van der Waals surface area contributed by atoms with Crippen LogP contribution < -0.4 is 5.32 Å². The van der Waals surface area contributed by atoms with Crippen LogP contribution in [0.5, 0.6) is 0 Å². The normalized spacial score (nSPS) is 20.2. The van der Waals surface area contributed by atoms with Gasteiger partial charge in [0.2, 0.25) is 5.89 Å². The Kier molecular flexibility index (Phi) is 4.40. The fraction of sp³-hybridized carbons (Fsp3) is 0.786. The van der Waals surface area contributed by atoms with E-state index in [1.165, 1.54) is 12.8 Å². The quantitative estimate of drug-likeness (QED) is 0.871. The highest BCUT2D eigenvalue weighted by Gasteiger charge is 2.32. The molecule has 0 radical (unpaired) electrons. The molecule has 0 atom stereocenters. The van der Waals surface area contributed by atoms with E-state index in [2.05, 4.69) is 36.0 Å². The first-order valence-corrected chi connectivity index (χ1v) is 7.12. The lowest BCUT2D eigenvalue weighted by Gasteiger charge is -2.42. The highest BCUT2D eigenvalue weighted by atomic mass is 16.4. The van der Waals surface area contributed by atoms with Gasteiger partial charge in [-0.25, -0.2) is 4.98 Å². The van der Waals surface area contributed by atoms with Gasteiger partial charge in [-0.2, -0.15) is 0 Å². The van der Waals surface area contributed by atoms with Crippen molar-refractivity contribution < 1.29 is 4.42 Å². The number of nitrogens with one attached hydrogen (secondary N) is 1. The molecule has 1 N–H and O–H groups in total. The van der Waals surface area contributed by atoms with E-state index in [9.17, 15) is 0 Å². The summed E-state index contributed by atoms with van der Waals surface area (Å²) in [5, 5.41) is 3.67. The molecule has 0 amide bonds. The van der Waals surface area contributed by atoms with Crippen LogP contribution in [0.2, 0.25) is 0 Å². The van der Waals surface area contributed by atoms with Gasteiger partial charge in [0.25, 0.3) is 0 Å². The molecular formula is C14H25N3O. The van der Waals surface area contributed by atoms with Crippen molar-refractivity contribution in [3.63, 3.8) is 0 Å². The number of hydrogen-bond donors (Lipinski definition) is 1. The third kappa shape index (κ3) is 2.93. The molecule has 0 spiro atoms. The van der Waals surface area contributed by atoms with E-state index in [0.29, 0.717) is 0 Å². The smallest absolute Gasteiger partial charge is 0.208 e. The van der Waals surface area contributed by atoms with Crippen molar-refractivity contribution >= 4 is 0 Å². The standard InChI is InChI=1S/C14H25N3O/c1-4-12-9-15-13(18-12)10-17-8-7-16-14(5-2,6-3)11-17/h9,16H,4-8,10-11H2,1-3H3. The first-order valence-electron chi connectivity index (χ1n) is 7.12. The Labute approximate surface area is 110 Å². The number of hydrogen-bond acceptors (Lipinski definition) is 4. The van der Waals surface area contributed by atoms with Gasteiger partial charge in [-0.3, -0.25) is 4.90 Å². The van der Waals surface area contributed by atoms with E-state index in [-0.39, 0.29) is 5.54 Å². The van der Waals surface area contributed by atoms with Crippen LogP contribution in [0.3, 0.4) is 0 Å². The monoisotopic (exact) mass is 251 g/mol. The van der Waals surface area contributed by atoms with Crippen molar-refractivity contribution in [2.45, 2.75) is 52.1 Å². The average Bonchev–Trinajstić information content (AvgIpc) is 2.86. The highest BCUT2D eigenvalue weighted by molar-refractivity contribution is 4.97. The fourth-order valence-electron chi connectivity index (χ4n) is 2.68. The molecule has 1 saturated heterocycles. The molecule has 0 unspecified atom stereocenters. The van der Waals surface area contributed by atoms with Gasteiger partial charge < -0.3 is 9.73 Å². The summed E-state index contributed by atoms with van der Waals surface area (Å²) in [6.45, 7) is 10.7. The van der Waals surface area contributed by atoms with E-state index < -0.39 is 0 Å². The van der Waals surface area contributed by atoms with Gasteiger partial charge in [0.05, 0.1) is 12.7 Å². The van der Waals surface area contributed by atoms with Gasteiger partial charge in [-0.05, 0) is 12.8 Å². The molecule has 0 aromatic carbocycles. The predicted molar refractivity (Wildman–Crippen MR) is 72.5 cm³/mol. The molecule has 0 bridgehead atoms. The Morgan fingerprint density at radius 2 is 2.17 bits per heavy atom. The Morgan fingerprint density at radius 1 is 1.39 bits per heavy atom. The van der Waals surface area contributed by atoms with Crippen LogP contribution in [0.1, 0.15) is 45.3 Å². The predicted octanol–water partition coefficient (Wildman–Crippen LogP) is 2.20. The first-order chi connectivity index (χ1) is 8.71.